The predicted octanol–water partition coefficient (Wildman–Crippen LogP) is 6.87. The highest BCUT2D eigenvalue weighted by Crippen LogP contribution is 2.38. The van der Waals surface area contributed by atoms with Gasteiger partial charge in [0.05, 0.1) is 11.6 Å². The third kappa shape index (κ3) is 5.51. The number of esters is 1. The van der Waals surface area contributed by atoms with Crippen molar-refractivity contribution in [2.75, 3.05) is 6.61 Å². The largest absolute Gasteiger partial charge is 0.522 e. The van der Waals surface area contributed by atoms with Gasteiger partial charge in [-0.25, -0.2) is 4.79 Å². The van der Waals surface area contributed by atoms with E-state index in [1.807, 2.05) is 66.9 Å². The van der Waals surface area contributed by atoms with Gasteiger partial charge in [0.15, 0.2) is 5.88 Å². The third-order valence-corrected chi connectivity index (χ3v) is 12.2. The van der Waals surface area contributed by atoms with Gasteiger partial charge in [0.1, 0.15) is 6.61 Å². The molecule has 0 aliphatic rings. The lowest BCUT2D eigenvalue weighted by Crippen LogP contribution is -2.69. The van der Waals surface area contributed by atoms with E-state index in [-0.39, 0.29) is 23.7 Å². The second-order valence-electron chi connectivity index (χ2n) is 10.9. The van der Waals surface area contributed by atoms with Gasteiger partial charge in [-0.05, 0) is 45.2 Å². The third-order valence-electron chi connectivity index (χ3n) is 7.32. The minimum atomic E-state index is -2.86. The van der Waals surface area contributed by atoms with Gasteiger partial charge in [-0.2, -0.15) is 0 Å². The molecule has 40 heavy (non-hydrogen) atoms. The molecule has 202 valence electrons. The molecule has 0 N–H and O–H groups in total. The lowest BCUT2D eigenvalue weighted by molar-refractivity contribution is 0.0464. The van der Waals surface area contributed by atoms with Crippen molar-refractivity contribution < 1.29 is 14.0 Å². The maximum atomic E-state index is 12.9. The number of ether oxygens (including phenoxy) is 1. The lowest BCUT2D eigenvalue weighted by Gasteiger charge is -2.43. The zero-order chi connectivity index (χ0) is 28.0. The Bertz CT molecular complexity index is 1470. The monoisotopic (exact) mass is 545 g/mol. The van der Waals surface area contributed by atoms with E-state index in [2.05, 4.69) is 86.0 Å². The molecule has 0 bridgehead atoms. The first kappa shape index (κ1) is 27.2. The second kappa shape index (κ2) is 11.8. The second-order valence-corrected chi connectivity index (χ2v) is 15.1. The molecule has 5 heteroatoms. The molecule has 0 aliphatic carbocycles. The number of carbonyl (C=O) groups excluding carboxylic acids is 1. The number of hydrogen-bond acceptors (Lipinski definition) is 3. The van der Waals surface area contributed by atoms with E-state index >= 15 is 0 Å². The van der Waals surface area contributed by atoms with Gasteiger partial charge < -0.3 is 13.7 Å². The van der Waals surface area contributed by atoms with Gasteiger partial charge in [-0.15, -0.1) is 0 Å². The van der Waals surface area contributed by atoms with E-state index < -0.39 is 8.32 Å². The van der Waals surface area contributed by atoms with Crippen LogP contribution >= 0.6 is 0 Å². The molecule has 4 nitrogen and oxygen atoms in total. The summed E-state index contributed by atoms with van der Waals surface area (Å²) in [5, 5.41) is 2.22. The molecule has 0 fully saturated rings. The maximum absolute atomic E-state index is 12.9. The summed E-state index contributed by atoms with van der Waals surface area (Å²) >= 11 is 0. The van der Waals surface area contributed by atoms with Crippen LogP contribution < -0.4 is 14.8 Å². The molecular formula is C35H35NO3Si. The first-order chi connectivity index (χ1) is 19.4. The number of nitrogens with zero attached hydrogens (tertiary/aromatic N) is 1. The van der Waals surface area contributed by atoms with Gasteiger partial charge in [-0.1, -0.05) is 130 Å². The van der Waals surface area contributed by atoms with Crippen molar-refractivity contribution in [3.63, 3.8) is 0 Å². The SMILES string of the molecule is CC(C)(C)[Si](Oc1cccn1[C@@H](COC(=O)c1ccccc1)c1ccccc1)(c1ccccc1)c1ccccc1. The number of benzene rings is 4. The summed E-state index contributed by atoms with van der Waals surface area (Å²) in [6.45, 7) is 6.97. The fourth-order valence-corrected chi connectivity index (χ4v) is 9.77. The Balaban J connectivity index is 1.58. The fourth-order valence-electron chi connectivity index (χ4n) is 5.35. The Hall–Kier alpha value is -4.35. The van der Waals surface area contributed by atoms with Crippen molar-refractivity contribution in [1.82, 2.24) is 4.57 Å². The van der Waals surface area contributed by atoms with Crippen LogP contribution in [0.2, 0.25) is 5.04 Å². The van der Waals surface area contributed by atoms with Crippen molar-refractivity contribution in [1.29, 1.82) is 0 Å². The molecule has 1 heterocycles. The Morgan fingerprint density at radius 1 is 0.700 bits per heavy atom. The molecule has 1 aromatic heterocycles. The van der Waals surface area contributed by atoms with Gasteiger partial charge in [-0.3, -0.25) is 0 Å². The molecule has 0 unspecified atom stereocenters. The zero-order valence-corrected chi connectivity index (χ0v) is 24.2. The van der Waals surface area contributed by atoms with Crippen LogP contribution in [0.3, 0.4) is 0 Å². The maximum Gasteiger partial charge on any atom is 0.338 e. The number of hydrogen-bond donors (Lipinski definition) is 0. The van der Waals surface area contributed by atoms with Crippen LogP contribution in [0, 0.1) is 0 Å². The number of aromatic nitrogens is 1. The molecule has 0 amide bonds. The Morgan fingerprint density at radius 2 is 1.20 bits per heavy atom. The van der Waals surface area contributed by atoms with E-state index in [4.69, 9.17) is 9.16 Å². The molecule has 0 saturated heterocycles. The fraction of sp³-hybridized carbons (Fsp3) is 0.171. The smallest absolute Gasteiger partial charge is 0.338 e. The summed E-state index contributed by atoms with van der Waals surface area (Å²) in [5.41, 5.74) is 1.57. The van der Waals surface area contributed by atoms with Gasteiger partial charge in [0, 0.05) is 6.20 Å². The predicted molar refractivity (Wildman–Crippen MR) is 164 cm³/mol. The molecule has 4 aromatic carbocycles. The molecule has 5 rings (SSSR count). The quantitative estimate of drug-likeness (QED) is 0.150. The first-order valence-electron chi connectivity index (χ1n) is 13.6. The minimum Gasteiger partial charge on any atom is -0.522 e. The standard InChI is InChI=1S/C35H35NO3Si/c1-35(2,3)40(30-21-12-6-13-22-30,31-23-14-7-15-24-31)39-33-25-16-26-36(33)32(28-17-8-4-9-18-28)27-38-34(37)29-19-10-5-11-20-29/h4-26,32H,27H2,1-3H3/t32-/m0/s1. The first-order valence-corrected chi connectivity index (χ1v) is 15.5. The van der Waals surface area contributed by atoms with Crippen molar-refractivity contribution >= 4 is 24.7 Å². The molecule has 0 spiro atoms. The van der Waals surface area contributed by atoms with E-state index in [1.165, 1.54) is 10.4 Å². The van der Waals surface area contributed by atoms with Crippen LogP contribution in [0.5, 0.6) is 5.88 Å². The topological polar surface area (TPSA) is 40.5 Å². The van der Waals surface area contributed by atoms with Crippen LogP contribution in [0.4, 0.5) is 0 Å². The van der Waals surface area contributed by atoms with Crippen LogP contribution in [-0.4, -0.2) is 25.5 Å². The molecule has 0 aliphatic heterocycles. The van der Waals surface area contributed by atoms with Gasteiger partial charge in [0.2, 0.25) is 0 Å². The summed E-state index contributed by atoms with van der Waals surface area (Å²) < 4.78 is 15.4. The van der Waals surface area contributed by atoms with Gasteiger partial charge in [0.25, 0.3) is 0 Å². The molecule has 5 aromatic rings. The minimum absolute atomic E-state index is 0.170. The number of carbonyl (C=O) groups is 1. The summed E-state index contributed by atoms with van der Waals surface area (Å²) in [5.74, 6) is 0.405. The van der Waals surface area contributed by atoms with Crippen LogP contribution in [0.15, 0.2) is 140 Å². The van der Waals surface area contributed by atoms with E-state index in [0.29, 0.717) is 5.56 Å². The van der Waals surface area contributed by atoms with Gasteiger partial charge >= 0.3 is 14.3 Å². The number of rotatable bonds is 9. The molecule has 1 atom stereocenters. The Kier molecular flexibility index (Phi) is 8.03. The Labute approximate surface area is 238 Å². The average Bonchev–Trinajstić information content (AvgIpc) is 3.45. The zero-order valence-electron chi connectivity index (χ0n) is 23.2. The highest BCUT2D eigenvalue weighted by Gasteiger charge is 2.52. The van der Waals surface area contributed by atoms with Crippen molar-refractivity contribution in [2.24, 2.45) is 0 Å². The van der Waals surface area contributed by atoms with Crippen LogP contribution in [0.25, 0.3) is 0 Å². The van der Waals surface area contributed by atoms with E-state index in [9.17, 15) is 4.79 Å². The summed E-state index contributed by atoms with van der Waals surface area (Å²) in [6.07, 6.45) is 2.02. The normalized spacial score (nSPS) is 12.5. The summed E-state index contributed by atoms with van der Waals surface area (Å²) in [7, 11) is -2.86. The van der Waals surface area contributed by atoms with Crippen LogP contribution in [-0.2, 0) is 4.74 Å². The summed E-state index contributed by atoms with van der Waals surface area (Å²) in [6, 6.07) is 44.2. The molecule has 0 radical (unpaired) electrons. The molecular weight excluding hydrogens is 510 g/mol. The lowest BCUT2D eigenvalue weighted by atomic mass is 10.1. The van der Waals surface area contributed by atoms with Crippen molar-refractivity contribution in [2.45, 2.75) is 31.9 Å². The highest BCUT2D eigenvalue weighted by atomic mass is 28.4. The Morgan fingerprint density at radius 3 is 1.73 bits per heavy atom. The van der Waals surface area contributed by atoms with Crippen LogP contribution in [0.1, 0.15) is 42.7 Å². The van der Waals surface area contributed by atoms with Crippen molar-refractivity contribution in [3.8, 4) is 5.88 Å². The highest BCUT2D eigenvalue weighted by molar-refractivity contribution is 7.00. The van der Waals surface area contributed by atoms with E-state index in [0.717, 1.165) is 11.4 Å². The molecule has 0 saturated carbocycles. The van der Waals surface area contributed by atoms with E-state index in [1.54, 1.807) is 12.1 Å². The summed E-state index contributed by atoms with van der Waals surface area (Å²) in [4.78, 5) is 12.9. The average molecular weight is 546 g/mol. The van der Waals surface area contributed by atoms with Crippen molar-refractivity contribution in [3.05, 3.63) is 151 Å².